The van der Waals surface area contributed by atoms with Gasteiger partial charge in [-0.05, 0) is 37.1 Å². The molecule has 0 aromatic heterocycles. The Hall–Kier alpha value is -1.55. The summed E-state index contributed by atoms with van der Waals surface area (Å²) in [6, 6.07) is 5.29. The number of aliphatic hydroxyl groups excluding tert-OH is 1. The molecule has 0 unspecified atom stereocenters. The van der Waals surface area contributed by atoms with Crippen molar-refractivity contribution in [3.63, 3.8) is 0 Å². The van der Waals surface area contributed by atoms with Crippen molar-refractivity contribution in [1.82, 2.24) is 0 Å². The van der Waals surface area contributed by atoms with E-state index in [0.717, 1.165) is 11.3 Å². The van der Waals surface area contributed by atoms with Crippen LogP contribution in [0.1, 0.15) is 24.2 Å². The van der Waals surface area contributed by atoms with Crippen molar-refractivity contribution in [2.45, 2.75) is 20.0 Å². The van der Waals surface area contributed by atoms with Crippen LogP contribution in [0, 0.1) is 12.3 Å². The van der Waals surface area contributed by atoms with Gasteiger partial charge >= 0.3 is 0 Å². The second-order valence-electron chi connectivity index (χ2n) is 3.43. The second-order valence-corrected chi connectivity index (χ2v) is 3.43. The highest BCUT2D eigenvalue weighted by Gasteiger charge is 2.15. The van der Waals surface area contributed by atoms with Crippen LogP contribution in [0.15, 0.2) is 18.2 Å². The van der Waals surface area contributed by atoms with E-state index in [1.54, 1.807) is 32.2 Å². The minimum atomic E-state index is -1.01. The van der Waals surface area contributed by atoms with Gasteiger partial charge in [0.15, 0.2) is 6.10 Å². The predicted molar refractivity (Wildman–Crippen MR) is 62.0 cm³/mol. The van der Waals surface area contributed by atoms with Crippen LogP contribution < -0.4 is 4.74 Å². The quantitative estimate of drug-likeness (QED) is 0.606. The molecule has 16 heavy (non-hydrogen) atoms. The summed E-state index contributed by atoms with van der Waals surface area (Å²) in [5.74, 6) is 0.631. The Labute approximate surface area is 95.3 Å². The molecule has 1 atom stereocenters. The molecule has 0 saturated carbocycles. The third kappa shape index (κ3) is 2.73. The molecule has 1 aromatic rings. The number of methoxy groups -OCH3 is 1. The topological polar surface area (TPSA) is 62.5 Å². The molecule has 1 aromatic carbocycles. The summed E-state index contributed by atoms with van der Waals surface area (Å²) in [4.78, 5) is 0. The maximum absolute atomic E-state index is 9.82. The monoisotopic (exact) mass is 223 g/mol. The predicted octanol–water partition coefficient (Wildman–Crippen LogP) is 2.05. The zero-order valence-corrected chi connectivity index (χ0v) is 9.78. The molecule has 0 spiro atoms. The number of nitrogens with one attached hydrogen (secondary N) is 1. The van der Waals surface area contributed by atoms with Gasteiger partial charge in [0.05, 0.1) is 13.7 Å². The highest BCUT2D eigenvalue weighted by molar-refractivity contribution is 5.79. The Kier molecular flexibility index (Phi) is 4.31. The van der Waals surface area contributed by atoms with E-state index in [4.69, 9.17) is 14.9 Å². The van der Waals surface area contributed by atoms with Gasteiger partial charge in [-0.3, -0.25) is 5.41 Å². The van der Waals surface area contributed by atoms with Crippen LogP contribution in [0.5, 0.6) is 5.75 Å². The standard InChI is InChI=1S/C12H17NO3/c1-4-16-12(13)11(14)9-5-6-10(15-3)8(2)7-9/h5-7,11,13-14H,4H2,1-3H3/t11-/m1/s1. The zero-order chi connectivity index (χ0) is 12.1. The van der Waals surface area contributed by atoms with Gasteiger partial charge in [0.1, 0.15) is 5.75 Å². The normalized spacial score (nSPS) is 12.0. The molecule has 0 heterocycles. The number of rotatable bonds is 4. The molecule has 0 aliphatic heterocycles. The molecule has 0 saturated heterocycles. The van der Waals surface area contributed by atoms with Crippen molar-refractivity contribution in [1.29, 1.82) is 5.41 Å². The number of ether oxygens (including phenoxy) is 2. The highest BCUT2D eigenvalue weighted by atomic mass is 16.5. The number of benzene rings is 1. The Morgan fingerprint density at radius 1 is 1.50 bits per heavy atom. The molecule has 0 radical (unpaired) electrons. The van der Waals surface area contributed by atoms with Crippen molar-refractivity contribution in [3.8, 4) is 5.75 Å². The largest absolute Gasteiger partial charge is 0.496 e. The first kappa shape index (κ1) is 12.5. The Morgan fingerprint density at radius 3 is 2.69 bits per heavy atom. The van der Waals surface area contributed by atoms with Crippen LogP contribution in [0.25, 0.3) is 0 Å². The van der Waals surface area contributed by atoms with Crippen LogP contribution >= 0.6 is 0 Å². The van der Waals surface area contributed by atoms with E-state index < -0.39 is 6.10 Å². The van der Waals surface area contributed by atoms with E-state index in [1.165, 1.54) is 0 Å². The average Bonchev–Trinajstić information content (AvgIpc) is 2.28. The average molecular weight is 223 g/mol. The molecule has 4 heteroatoms. The molecule has 0 aliphatic rings. The lowest BCUT2D eigenvalue weighted by Crippen LogP contribution is -2.14. The van der Waals surface area contributed by atoms with E-state index in [0.29, 0.717) is 12.2 Å². The lowest BCUT2D eigenvalue weighted by molar-refractivity contribution is 0.190. The van der Waals surface area contributed by atoms with Crippen LogP contribution in [-0.2, 0) is 4.74 Å². The lowest BCUT2D eigenvalue weighted by Gasteiger charge is -2.14. The summed E-state index contributed by atoms with van der Waals surface area (Å²) in [6.45, 7) is 4.05. The van der Waals surface area contributed by atoms with E-state index >= 15 is 0 Å². The van der Waals surface area contributed by atoms with Crippen molar-refractivity contribution >= 4 is 5.90 Å². The summed E-state index contributed by atoms with van der Waals surface area (Å²) < 4.78 is 10.1. The third-order valence-electron chi connectivity index (χ3n) is 2.28. The minimum absolute atomic E-state index is 0.132. The summed E-state index contributed by atoms with van der Waals surface area (Å²) in [5.41, 5.74) is 1.56. The number of aliphatic hydroxyl groups is 1. The molecule has 2 N–H and O–H groups in total. The fraction of sp³-hybridized carbons (Fsp3) is 0.417. The summed E-state index contributed by atoms with van der Waals surface area (Å²) in [5, 5.41) is 17.3. The van der Waals surface area contributed by atoms with E-state index in [-0.39, 0.29) is 5.90 Å². The van der Waals surface area contributed by atoms with Gasteiger partial charge in [0, 0.05) is 0 Å². The summed E-state index contributed by atoms with van der Waals surface area (Å²) in [6.07, 6.45) is -1.01. The lowest BCUT2D eigenvalue weighted by atomic mass is 10.1. The van der Waals surface area contributed by atoms with E-state index in [9.17, 15) is 5.11 Å². The van der Waals surface area contributed by atoms with Gasteiger partial charge in [-0.1, -0.05) is 6.07 Å². The third-order valence-corrected chi connectivity index (χ3v) is 2.28. The van der Waals surface area contributed by atoms with Crippen molar-refractivity contribution in [3.05, 3.63) is 29.3 Å². The molecule has 0 amide bonds. The van der Waals surface area contributed by atoms with Gasteiger partial charge in [0.25, 0.3) is 0 Å². The molecule has 0 fully saturated rings. The zero-order valence-electron chi connectivity index (χ0n) is 9.78. The second kappa shape index (κ2) is 5.51. The SMILES string of the molecule is CCOC(=N)[C@H](O)c1ccc(OC)c(C)c1. The van der Waals surface area contributed by atoms with Crippen LogP contribution in [0.4, 0.5) is 0 Å². The van der Waals surface area contributed by atoms with Crippen LogP contribution in [0.3, 0.4) is 0 Å². The molecule has 0 bridgehead atoms. The molecule has 4 nitrogen and oxygen atoms in total. The first-order valence-electron chi connectivity index (χ1n) is 5.14. The smallest absolute Gasteiger partial charge is 0.214 e. The van der Waals surface area contributed by atoms with Crippen LogP contribution in [-0.4, -0.2) is 24.7 Å². The van der Waals surface area contributed by atoms with Crippen molar-refractivity contribution in [2.24, 2.45) is 0 Å². The maximum atomic E-state index is 9.82. The molecular formula is C12H17NO3. The van der Waals surface area contributed by atoms with Gasteiger partial charge in [-0.25, -0.2) is 0 Å². The summed E-state index contributed by atoms with van der Waals surface area (Å²) in [7, 11) is 1.60. The first-order valence-corrected chi connectivity index (χ1v) is 5.14. The van der Waals surface area contributed by atoms with Crippen LogP contribution in [0.2, 0.25) is 0 Å². The Balaban J connectivity index is 2.88. The van der Waals surface area contributed by atoms with Gasteiger partial charge < -0.3 is 14.6 Å². The molecule has 88 valence electrons. The number of hydrogen-bond donors (Lipinski definition) is 2. The number of aryl methyl sites for hydroxylation is 1. The Bertz CT molecular complexity index is 377. The fourth-order valence-corrected chi connectivity index (χ4v) is 1.46. The minimum Gasteiger partial charge on any atom is -0.496 e. The first-order chi connectivity index (χ1) is 7.60. The summed E-state index contributed by atoms with van der Waals surface area (Å²) >= 11 is 0. The van der Waals surface area contributed by atoms with Crippen molar-refractivity contribution in [2.75, 3.05) is 13.7 Å². The van der Waals surface area contributed by atoms with Gasteiger partial charge in [0.2, 0.25) is 5.90 Å². The van der Waals surface area contributed by atoms with E-state index in [1.807, 2.05) is 6.92 Å². The molecule has 1 rings (SSSR count). The van der Waals surface area contributed by atoms with Gasteiger partial charge in [-0.2, -0.15) is 0 Å². The maximum Gasteiger partial charge on any atom is 0.214 e. The van der Waals surface area contributed by atoms with Gasteiger partial charge in [-0.15, -0.1) is 0 Å². The van der Waals surface area contributed by atoms with E-state index in [2.05, 4.69) is 0 Å². The van der Waals surface area contributed by atoms with Crippen molar-refractivity contribution < 1.29 is 14.6 Å². The fourth-order valence-electron chi connectivity index (χ4n) is 1.46. The Morgan fingerprint density at radius 2 is 2.19 bits per heavy atom. The molecule has 0 aliphatic carbocycles. The number of hydrogen-bond acceptors (Lipinski definition) is 4. The highest BCUT2D eigenvalue weighted by Crippen LogP contribution is 2.23. The molecular weight excluding hydrogens is 206 g/mol.